The van der Waals surface area contributed by atoms with E-state index in [0.29, 0.717) is 11.7 Å². The van der Waals surface area contributed by atoms with Crippen molar-refractivity contribution >= 4 is 5.69 Å². The van der Waals surface area contributed by atoms with Crippen molar-refractivity contribution in [3.05, 3.63) is 29.8 Å². The van der Waals surface area contributed by atoms with Crippen molar-refractivity contribution in [3.63, 3.8) is 0 Å². The molecule has 3 heteroatoms. The van der Waals surface area contributed by atoms with Gasteiger partial charge in [0.1, 0.15) is 0 Å². The van der Waals surface area contributed by atoms with Gasteiger partial charge in [0.15, 0.2) is 11.6 Å². The number of hydrogen-bond donors (Lipinski definition) is 1. The lowest BCUT2D eigenvalue weighted by Crippen LogP contribution is -2.18. The van der Waals surface area contributed by atoms with Crippen LogP contribution in [-0.4, -0.2) is 6.04 Å². The standard InChI is InChI=1S/C13H19F2N/c1-3-5-10(6-4-2)16-11-7-8-12(14)13(15)9-11/h7-10,16H,3-6H2,1-2H3. The third-order valence-electron chi connectivity index (χ3n) is 2.56. The first-order valence-corrected chi connectivity index (χ1v) is 5.89. The molecule has 0 saturated carbocycles. The molecule has 0 aliphatic carbocycles. The van der Waals surface area contributed by atoms with Gasteiger partial charge in [0.25, 0.3) is 0 Å². The Balaban J connectivity index is 2.65. The van der Waals surface area contributed by atoms with Gasteiger partial charge in [-0.05, 0) is 25.0 Å². The third kappa shape index (κ3) is 3.80. The summed E-state index contributed by atoms with van der Waals surface area (Å²) in [6, 6.07) is 4.30. The van der Waals surface area contributed by atoms with Gasteiger partial charge in [-0.1, -0.05) is 26.7 Å². The summed E-state index contributed by atoms with van der Waals surface area (Å²) in [7, 11) is 0. The highest BCUT2D eigenvalue weighted by Gasteiger charge is 2.08. The number of nitrogens with one attached hydrogen (secondary N) is 1. The summed E-state index contributed by atoms with van der Waals surface area (Å²) >= 11 is 0. The first kappa shape index (κ1) is 12.9. The van der Waals surface area contributed by atoms with Crippen LogP contribution in [0, 0.1) is 11.6 Å². The molecule has 16 heavy (non-hydrogen) atoms. The second-order valence-electron chi connectivity index (χ2n) is 4.05. The summed E-state index contributed by atoms with van der Waals surface area (Å²) in [5.74, 6) is -1.59. The van der Waals surface area contributed by atoms with Crippen LogP contribution in [0.3, 0.4) is 0 Å². The Hall–Kier alpha value is -1.12. The fraction of sp³-hybridized carbons (Fsp3) is 0.538. The van der Waals surface area contributed by atoms with Crippen LogP contribution < -0.4 is 5.32 Å². The maximum absolute atomic E-state index is 13.0. The number of hydrogen-bond acceptors (Lipinski definition) is 1. The topological polar surface area (TPSA) is 12.0 Å². The van der Waals surface area contributed by atoms with E-state index in [0.717, 1.165) is 31.7 Å². The minimum Gasteiger partial charge on any atom is -0.382 e. The Morgan fingerprint density at radius 1 is 1.06 bits per heavy atom. The molecule has 0 bridgehead atoms. The maximum Gasteiger partial charge on any atom is 0.160 e. The molecule has 0 aliphatic heterocycles. The molecular formula is C13H19F2N. The Morgan fingerprint density at radius 2 is 1.69 bits per heavy atom. The van der Waals surface area contributed by atoms with Gasteiger partial charge < -0.3 is 5.32 Å². The number of anilines is 1. The SMILES string of the molecule is CCCC(CCC)Nc1ccc(F)c(F)c1. The van der Waals surface area contributed by atoms with E-state index in [1.165, 1.54) is 6.07 Å². The molecule has 0 saturated heterocycles. The number of rotatable bonds is 6. The molecule has 1 aromatic carbocycles. The fourth-order valence-corrected chi connectivity index (χ4v) is 1.81. The molecule has 0 aliphatic rings. The predicted molar refractivity (Wildman–Crippen MR) is 63.6 cm³/mol. The lowest BCUT2D eigenvalue weighted by Gasteiger charge is -2.18. The molecule has 1 aromatic rings. The smallest absolute Gasteiger partial charge is 0.160 e. The summed E-state index contributed by atoms with van der Waals surface area (Å²) in [5.41, 5.74) is 0.658. The van der Waals surface area contributed by atoms with Crippen molar-refractivity contribution in [2.75, 3.05) is 5.32 Å². The molecule has 1 nitrogen and oxygen atoms in total. The summed E-state index contributed by atoms with van der Waals surface area (Å²) in [6.45, 7) is 4.24. The first-order valence-electron chi connectivity index (χ1n) is 5.89. The van der Waals surface area contributed by atoms with Crippen molar-refractivity contribution < 1.29 is 8.78 Å². The molecule has 0 heterocycles. The quantitative estimate of drug-likeness (QED) is 0.762. The summed E-state index contributed by atoms with van der Waals surface area (Å²) in [4.78, 5) is 0. The highest BCUT2D eigenvalue weighted by Crippen LogP contribution is 2.17. The van der Waals surface area contributed by atoms with Crippen molar-refractivity contribution in [3.8, 4) is 0 Å². The van der Waals surface area contributed by atoms with Crippen LogP contribution in [0.1, 0.15) is 39.5 Å². The molecule has 0 radical (unpaired) electrons. The van der Waals surface area contributed by atoms with Gasteiger partial charge in [0.2, 0.25) is 0 Å². The van der Waals surface area contributed by atoms with Gasteiger partial charge in [-0.3, -0.25) is 0 Å². The van der Waals surface area contributed by atoms with Crippen molar-refractivity contribution in [1.82, 2.24) is 0 Å². The minimum atomic E-state index is -0.798. The molecule has 0 aromatic heterocycles. The average molecular weight is 227 g/mol. The van der Waals surface area contributed by atoms with Crippen LogP contribution in [0.4, 0.5) is 14.5 Å². The zero-order chi connectivity index (χ0) is 12.0. The molecule has 1 N–H and O–H groups in total. The van der Waals surface area contributed by atoms with Gasteiger partial charge in [-0.2, -0.15) is 0 Å². The predicted octanol–water partition coefficient (Wildman–Crippen LogP) is 4.35. The van der Waals surface area contributed by atoms with E-state index in [1.54, 1.807) is 6.07 Å². The highest BCUT2D eigenvalue weighted by atomic mass is 19.2. The average Bonchev–Trinajstić information content (AvgIpc) is 2.24. The lowest BCUT2D eigenvalue weighted by molar-refractivity contribution is 0.508. The van der Waals surface area contributed by atoms with Crippen LogP contribution in [0.2, 0.25) is 0 Å². The van der Waals surface area contributed by atoms with Crippen LogP contribution in [0.15, 0.2) is 18.2 Å². The normalized spacial score (nSPS) is 10.8. The second-order valence-corrected chi connectivity index (χ2v) is 4.05. The Bertz CT molecular complexity index is 320. The van der Waals surface area contributed by atoms with Crippen molar-refractivity contribution in [2.45, 2.75) is 45.6 Å². The summed E-state index contributed by atoms with van der Waals surface area (Å²) < 4.78 is 25.7. The Kier molecular flexibility index (Phi) is 5.23. The number of benzene rings is 1. The zero-order valence-corrected chi connectivity index (χ0v) is 9.89. The van der Waals surface area contributed by atoms with E-state index in [9.17, 15) is 8.78 Å². The third-order valence-corrected chi connectivity index (χ3v) is 2.56. The summed E-state index contributed by atoms with van der Waals surface area (Å²) in [6.07, 6.45) is 4.27. The van der Waals surface area contributed by atoms with Gasteiger partial charge in [-0.25, -0.2) is 8.78 Å². The summed E-state index contributed by atoms with van der Waals surface area (Å²) in [5, 5.41) is 3.24. The minimum absolute atomic E-state index is 0.347. The van der Waals surface area contributed by atoms with Crippen LogP contribution in [-0.2, 0) is 0 Å². The van der Waals surface area contributed by atoms with Gasteiger partial charge >= 0.3 is 0 Å². The molecule has 0 spiro atoms. The molecule has 1 rings (SSSR count). The van der Waals surface area contributed by atoms with Crippen molar-refractivity contribution in [2.24, 2.45) is 0 Å². The van der Waals surface area contributed by atoms with Crippen LogP contribution >= 0.6 is 0 Å². The molecule has 0 fully saturated rings. The largest absolute Gasteiger partial charge is 0.382 e. The molecule has 0 amide bonds. The van der Waals surface area contributed by atoms with E-state index in [4.69, 9.17) is 0 Å². The fourth-order valence-electron chi connectivity index (χ4n) is 1.81. The lowest BCUT2D eigenvalue weighted by atomic mass is 10.1. The highest BCUT2D eigenvalue weighted by molar-refractivity contribution is 5.44. The van der Waals surface area contributed by atoms with E-state index in [-0.39, 0.29) is 0 Å². The molecule has 0 atom stereocenters. The van der Waals surface area contributed by atoms with Gasteiger partial charge in [0.05, 0.1) is 0 Å². The monoisotopic (exact) mass is 227 g/mol. The van der Waals surface area contributed by atoms with Gasteiger partial charge in [-0.15, -0.1) is 0 Å². The van der Waals surface area contributed by atoms with Crippen LogP contribution in [0.25, 0.3) is 0 Å². The molecule has 0 unspecified atom stereocenters. The Morgan fingerprint density at radius 3 is 2.19 bits per heavy atom. The first-order chi connectivity index (χ1) is 7.67. The van der Waals surface area contributed by atoms with Gasteiger partial charge in [0, 0.05) is 17.8 Å². The molecular weight excluding hydrogens is 208 g/mol. The van der Waals surface area contributed by atoms with Crippen molar-refractivity contribution in [1.29, 1.82) is 0 Å². The Labute approximate surface area is 95.9 Å². The molecule has 90 valence electrons. The van der Waals surface area contributed by atoms with E-state index < -0.39 is 11.6 Å². The van der Waals surface area contributed by atoms with E-state index in [2.05, 4.69) is 19.2 Å². The van der Waals surface area contributed by atoms with E-state index in [1.807, 2.05) is 0 Å². The zero-order valence-electron chi connectivity index (χ0n) is 9.89. The number of halogens is 2. The van der Waals surface area contributed by atoms with E-state index >= 15 is 0 Å². The maximum atomic E-state index is 13.0. The second kappa shape index (κ2) is 6.46. The van der Waals surface area contributed by atoms with Crippen LogP contribution in [0.5, 0.6) is 0 Å².